The summed E-state index contributed by atoms with van der Waals surface area (Å²) < 4.78 is 12.9. The van der Waals surface area contributed by atoms with Crippen LogP contribution in [0.1, 0.15) is 23.5 Å². The minimum absolute atomic E-state index is 0.00144. The molecule has 0 aliphatic carbocycles. The van der Waals surface area contributed by atoms with Gasteiger partial charge in [0.1, 0.15) is 11.4 Å². The molecule has 0 bridgehead atoms. The van der Waals surface area contributed by atoms with E-state index < -0.39 is 47.3 Å². The zero-order valence-corrected chi connectivity index (χ0v) is 21.5. The predicted molar refractivity (Wildman–Crippen MR) is 133 cm³/mol. The number of thioether (sulfide) groups is 1. The fourth-order valence-corrected chi connectivity index (χ4v) is 5.88. The van der Waals surface area contributed by atoms with Crippen molar-refractivity contribution in [3.63, 3.8) is 0 Å². The average Bonchev–Trinajstić information content (AvgIpc) is 3.34. The van der Waals surface area contributed by atoms with Gasteiger partial charge in [0.15, 0.2) is 17.5 Å². The van der Waals surface area contributed by atoms with Gasteiger partial charge in [-0.2, -0.15) is 0 Å². The molecule has 5 radical (unpaired) electrons. The summed E-state index contributed by atoms with van der Waals surface area (Å²) in [6.45, 7) is 1.81. The largest absolute Gasteiger partial charge is 0.543 e. The highest BCUT2D eigenvalue weighted by molar-refractivity contribution is 8.00. The van der Waals surface area contributed by atoms with Crippen molar-refractivity contribution in [3.05, 3.63) is 27.4 Å². The Morgan fingerprint density at radius 2 is 2.14 bits per heavy atom. The van der Waals surface area contributed by atoms with Gasteiger partial charge in [-0.1, -0.05) is 5.16 Å². The molecule has 0 aromatic carbocycles. The lowest BCUT2D eigenvalue weighted by Gasteiger charge is -2.49. The summed E-state index contributed by atoms with van der Waals surface area (Å²) in [6.07, 6.45) is -0.758. The SMILES string of the molecule is [B]OC(=O)C[C@H]([B]OC=O)O/N=C(\C(=O)C[C@@H]1C(=O)N2C(C(=O)O[B])=C(CCl)CS[C@H]12)c1csc(C)n1. The van der Waals surface area contributed by atoms with Crippen molar-refractivity contribution in [3.8, 4) is 0 Å². The van der Waals surface area contributed by atoms with E-state index in [9.17, 15) is 24.0 Å². The molecule has 3 rings (SSSR count). The number of carbonyl (C=O) groups is 5. The minimum atomic E-state index is -1.23. The fraction of sp³-hybridized carbons (Fsp3) is 0.421. The monoisotopic (exact) mass is 562 g/mol. The number of hydrogen-bond acceptors (Lipinski definition) is 13. The van der Waals surface area contributed by atoms with Gasteiger partial charge in [-0.05, 0) is 12.5 Å². The van der Waals surface area contributed by atoms with E-state index in [1.807, 2.05) is 0 Å². The van der Waals surface area contributed by atoms with Crippen molar-refractivity contribution in [1.82, 2.24) is 9.88 Å². The van der Waals surface area contributed by atoms with Gasteiger partial charge in [0.05, 0.1) is 22.7 Å². The van der Waals surface area contributed by atoms with Gasteiger partial charge in [0.2, 0.25) is 5.91 Å². The van der Waals surface area contributed by atoms with E-state index >= 15 is 0 Å². The molecule has 18 heteroatoms. The molecule has 12 nitrogen and oxygen atoms in total. The molecule has 2 aliphatic rings. The number of alkyl halides is 1. The molecule has 0 unspecified atom stereocenters. The van der Waals surface area contributed by atoms with Crippen molar-refractivity contribution in [2.24, 2.45) is 11.1 Å². The normalized spacial score (nSPS) is 19.8. The number of amides is 1. The van der Waals surface area contributed by atoms with E-state index in [0.717, 1.165) is 7.48 Å². The van der Waals surface area contributed by atoms with E-state index in [-0.39, 0.29) is 35.9 Å². The molecule has 1 saturated heterocycles. The van der Waals surface area contributed by atoms with Crippen LogP contribution in [0.15, 0.2) is 21.8 Å². The summed E-state index contributed by atoms with van der Waals surface area (Å²) >= 11 is 8.50. The smallest absolute Gasteiger partial charge is 0.421 e. The van der Waals surface area contributed by atoms with Crippen molar-refractivity contribution in [2.75, 3.05) is 11.6 Å². The Balaban J connectivity index is 1.81. The number of thiazole rings is 1. The number of hydrogen-bond donors (Lipinski definition) is 0. The zero-order chi connectivity index (χ0) is 27.1. The number of fused-ring (bicyclic) bond motifs is 1. The van der Waals surface area contributed by atoms with Gasteiger partial charge in [-0.3, -0.25) is 24.1 Å². The first-order valence-corrected chi connectivity index (χ1v) is 12.9. The number of β-lactam (4-membered cyclic amide) rings is 1. The maximum Gasteiger partial charge on any atom is 0.421 e. The number of aromatic nitrogens is 1. The Morgan fingerprint density at radius 1 is 1.38 bits per heavy atom. The average molecular weight is 562 g/mol. The molecular weight excluding hydrogens is 546 g/mol. The number of aryl methyl sites for hydroxylation is 1. The molecule has 189 valence electrons. The number of rotatable bonds is 13. The number of halogens is 1. The van der Waals surface area contributed by atoms with E-state index in [1.165, 1.54) is 28.0 Å². The molecule has 37 heavy (non-hydrogen) atoms. The number of carbonyl (C=O) groups excluding carboxylic acids is 5. The summed E-state index contributed by atoms with van der Waals surface area (Å²) in [4.78, 5) is 71.2. The van der Waals surface area contributed by atoms with Gasteiger partial charge in [0.25, 0.3) is 12.4 Å². The van der Waals surface area contributed by atoms with Crippen LogP contribution >= 0.6 is 34.7 Å². The lowest BCUT2D eigenvalue weighted by Crippen LogP contribution is -2.62. The van der Waals surface area contributed by atoms with Crippen LogP contribution in [-0.2, 0) is 42.8 Å². The van der Waals surface area contributed by atoms with Crippen LogP contribution in [0.2, 0.25) is 0 Å². The molecule has 3 atom stereocenters. The first-order valence-electron chi connectivity index (χ1n) is 10.4. The van der Waals surface area contributed by atoms with Gasteiger partial charge in [0, 0.05) is 23.4 Å². The molecule has 1 aromatic rings. The van der Waals surface area contributed by atoms with Crippen LogP contribution in [0.25, 0.3) is 0 Å². The third-order valence-corrected chi connectivity index (χ3v) is 7.71. The second-order valence-corrected chi connectivity index (χ2v) is 9.97. The quantitative estimate of drug-likeness (QED) is 0.0793. The molecule has 3 heterocycles. The molecule has 1 aromatic heterocycles. The number of ketones is 1. The summed E-state index contributed by atoms with van der Waals surface area (Å²) in [7, 11) is 10.7. The third kappa shape index (κ3) is 6.57. The van der Waals surface area contributed by atoms with Gasteiger partial charge in [-0.15, -0.1) is 34.7 Å². The first-order chi connectivity index (χ1) is 17.7. The Hall–Kier alpha value is -2.78. The van der Waals surface area contributed by atoms with E-state index in [2.05, 4.69) is 24.1 Å². The van der Waals surface area contributed by atoms with Crippen LogP contribution in [-0.4, -0.2) is 92.3 Å². The van der Waals surface area contributed by atoms with Crippen molar-refractivity contribution < 1.29 is 42.8 Å². The Labute approximate surface area is 227 Å². The van der Waals surface area contributed by atoms with Crippen molar-refractivity contribution in [1.29, 1.82) is 0 Å². The number of Topliss-reactive ketones (excluding diaryl/α,β-unsaturated/α-hetero) is 1. The third-order valence-electron chi connectivity index (χ3n) is 5.21. The molecule has 2 aliphatic heterocycles. The van der Waals surface area contributed by atoms with Gasteiger partial charge in [-0.25, -0.2) is 9.78 Å². The van der Waals surface area contributed by atoms with Gasteiger partial charge < -0.3 is 18.8 Å². The maximum atomic E-state index is 13.3. The van der Waals surface area contributed by atoms with Crippen LogP contribution in [0.5, 0.6) is 0 Å². The maximum absolute atomic E-state index is 13.3. The lowest BCUT2D eigenvalue weighted by atomic mass is 9.88. The molecule has 0 saturated carbocycles. The van der Waals surface area contributed by atoms with E-state index in [0.29, 0.717) is 16.3 Å². The minimum Gasteiger partial charge on any atom is -0.543 e. The molecule has 0 spiro atoms. The van der Waals surface area contributed by atoms with Crippen molar-refractivity contribution >= 4 is 94.1 Å². The van der Waals surface area contributed by atoms with Crippen LogP contribution in [0.3, 0.4) is 0 Å². The highest BCUT2D eigenvalue weighted by atomic mass is 35.5. The number of nitrogens with zero attached hydrogens (tertiary/aromatic N) is 3. The zero-order valence-electron chi connectivity index (χ0n) is 19.2. The standard InChI is InChI=1S/C19H16B3ClN3O9S2/c1-8-24-11(6-36-8)15(25-35-13(22-32-7-27)3-14(29)33-20)12(28)2-10-17(30)26-16(19(31)34-21)9(4-23)5-37-18(10)26/h6-7,10,13,18H,2-5H2,1H3/b25-15-/t10-,13-,18-/m1/s1. The second kappa shape index (κ2) is 13.1. The fourth-order valence-electron chi connectivity index (χ4n) is 3.54. The lowest BCUT2D eigenvalue weighted by molar-refractivity contribution is -0.152. The summed E-state index contributed by atoms with van der Waals surface area (Å²) in [5, 5.41) is 5.53. The van der Waals surface area contributed by atoms with Crippen molar-refractivity contribution in [2.45, 2.75) is 31.1 Å². The Kier molecular flexibility index (Phi) is 10.2. The molecule has 1 amide bonds. The highest BCUT2D eigenvalue weighted by Crippen LogP contribution is 2.45. The highest BCUT2D eigenvalue weighted by Gasteiger charge is 2.54. The number of oxime groups is 1. The van der Waals surface area contributed by atoms with Crippen LogP contribution < -0.4 is 0 Å². The first kappa shape index (κ1) is 28.8. The van der Waals surface area contributed by atoms with E-state index in [1.54, 1.807) is 12.3 Å². The molecule has 0 N–H and O–H groups in total. The van der Waals surface area contributed by atoms with E-state index in [4.69, 9.17) is 32.5 Å². The Morgan fingerprint density at radius 3 is 2.73 bits per heavy atom. The molecular formula is C19H16B3ClN3O9S2. The summed E-state index contributed by atoms with van der Waals surface area (Å²) in [6, 6.07) is -1.23. The van der Waals surface area contributed by atoms with Crippen LogP contribution in [0, 0.1) is 12.8 Å². The predicted octanol–water partition coefficient (Wildman–Crippen LogP) is -0.0826. The topological polar surface area (TPSA) is 151 Å². The van der Waals surface area contributed by atoms with Gasteiger partial charge >= 0.3 is 29.5 Å². The second-order valence-electron chi connectivity index (χ2n) is 7.53. The Bertz CT molecular complexity index is 1150. The summed E-state index contributed by atoms with van der Waals surface area (Å²) in [5.41, 5.74) is 0.421. The summed E-state index contributed by atoms with van der Waals surface area (Å²) in [5.74, 6) is -3.31. The van der Waals surface area contributed by atoms with Crippen LogP contribution in [0.4, 0.5) is 0 Å². The molecule has 1 fully saturated rings.